The highest BCUT2D eigenvalue weighted by molar-refractivity contribution is 7.59. The van der Waals surface area contributed by atoms with Gasteiger partial charge in [0, 0.05) is 50.2 Å². The van der Waals surface area contributed by atoms with Gasteiger partial charge >= 0.3 is 11.9 Å². The van der Waals surface area contributed by atoms with Crippen LogP contribution in [0.4, 0.5) is 0 Å². The van der Waals surface area contributed by atoms with E-state index in [2.05, 4.69) is 23.9 Å². The summed E-state index contributed by atoms with van der Waals surface area (Å²) in [5.41, 5.74) is 21.8. The summed E-state index contributed by atoms with van der Waals surface area (Å²) in [4.78, 5) is 96.5. The number of unbranched alkanes of at least 4 members (excludes halogenated alkanes) is 2. The van der Waals surface area contributed by atoms with Crippen molar-refractivity contribution in [1.82, 2.24) is 15.1 Å². The summed E-state index contributed by atoms with van der Waals surface area (Å²) in [6, 6.07) is -1.59. The lowest BCUT2D eigenvalue weighted by molar-refractivity contribution is -0.151. The Bertz CT molecular complexity index is 1520. The number of esters is 1. The molecule has 2 saturated heterocycles. The molecule has 5 amide bonds. The van der Waals surface area contributed by atoms with Crippen LogP contribution >= 0.6 is 52.9 Å². The highest BCUT2D eigenvalue weighted by atomic mass is 35.5. The number of nitrogens with two attached hydrogens (primary N) is 4. The van der Waals surface area contributed by atoms with Crippen LogP contribution in [-0.4, -0.2) is 143 Å². The van der Waals surface area contributed by atoms with E-state index >= 15 is 0 Å². The second-order valence-electron chi connectivity index (χ2n) is 14.9. The molecule has 0 aromatic rings. The number of rotatable bonds is 18. The topological polar surface area (TPSA) is 355 Å². The summed E-state index contributed by atoms with van der Waals surface area (Å²) in [5, 5.41) is 29.4. The van der Waals surface area contributed by atoms with Crippen molar-refractivity contribution in [2.24, 2.45) is 28.9 Å². The standard InChI is InChI=1S/C11H18N2O3.C11H20N2O2.C7H10O3.C5H10O.C4H10N2O.C4H9NO.C2H2O3.ClH.3H2S/c1-3-5-7-6-9(14)13(11(7)16)8(4-2)10(12)15;1-3-5-8-6-10(14)13(7-8)9(4-2)11(12)15;1-2-3-5-4-6(8)10-7(5)9;1-2-3-4-5-6;1-2-3(5)4(6)7;1-3-6-4-2-5-1;3-1-2(4)5;;;;/h6,8,11,16H,3-5H2,1-2H3,(H2,12,15);8-9H,3-7H2,1-2H3,(H2,12,15);4,7,9H,2-3H2,1H3;5H,2-4H2,1H3;3H,2,5H2,1H3,(H2,6,7);5H,1-4H2;1H,(H,4,5);1H;3*1H2/t8-,11?;8?,9-;;;3-;;;;;;/m00..0....../s1. The Morgan fingerprint density at radius 3 is 1.58 bits per heavy atom. The second kappa shape index (κ2) is 49.2. The van der Waals surface area contributed by atoms with Crippen molar-refractivity contribution < 1.29 is 67.9 Å². The van der Waals surface area contributed by atoms with Gasteiger partial charge in [-0.05, 0) is 56.4 Å². The van der Waals surface area contributed by atoms with Crippen LogP contribution in [0.15, 0.2) is 23.3 Å². The number of primary amides is 3. The molecule has 0 radical (unpaired) electrons. The Morgan fingerprint density at radius 2 is 1.29 bits per heavy atom. The number of aliphatic hydroxyl groups is 2. The fourth-order valence-corrected chi connectivity index (χ4v) is 6.17. The van der Waals surface area contributed by atoms with Crippen molar-refractivity contribution in [3.05, 3.63) is 23.3 Å². The largest absolute Gasteiger partial charge is 0.476 e. The van der Waals surface area contributed by atoms with Crippen molar-refractivity contribution in [1.29, 1.82) is 0 Å². The Balaban J connectivity index is -0.000000134. The summed E-state index contributed by atoms with van der Waals surface area (Å²) in [6.45, 7) is 18.1. The second-order valence-corrected chi connectivity index (χ2v) is 14.9. The van der Waals surface area contributed by atoms with Gasteiger partial charge in [0.25, 0.3) is 0 Å². The number of hydrogen-bond acceptors (Lipinski definition) is 15. The van der Waals surface area contributed by atoms with Crippen LogP contribution in [-0.2, 0) is 52.6 Å². The van der Waals surface area contributed by atoms with E-state index in [1.807, 2.05) is 27.7 Å². The summed E-state index contributed by atoms with van der Waals surface area (Å²) < 4.78 is 9.46. The van der Waals surface area contributed by atoms with E-state index in [1.54, 1.807) is 11.8 Å². The monoisotopic (exact) mass is 1070 g/mol. The fourth-order valence-electron chi connectivity index (χ4n) is 6.17. The van der Waals surface area contributed by atoms with E-state index in [0.717, 1.165) is 88.9 Å². The molecule has 0 spiro atoms. The number of carboxylic acid groups (broad SMARTS) is 1. The lowest BCUT2D eigenvalue weighted by Gasteiger charge is -2.28. The van der Waals surface area contributed by atoms with Crippen LogP contribution in [0.2, 0.25) is 0 Å². The molecule has 0 aromatic carbocycles. The molecule has 6 atom stereocenters. The van der Waals surface area contributed by atoms with Crippen LogP contribution in [0.5, 0.6) is 0 Å². The number of carbonyl (C=O) groups excluding carboxylic acids is 8. The summed E-state index contributed by atoms with van der Waals surface area (Å²) in [7, 11) is 0. The number of carboxylic acids is 1. The third kappa shape index (κ3) is 36.8. The number of carbonyl (C=O) groups is 9. The molecular formula is C44H86ClN7O14S3. The van der Waals surface area contributed by atoms with Crippen LogP contribution in [0, 0.1) is 5.92 Å². The van der Waals surface area contributed by atoms with Gasteiger partial charge in [-0.2, -0.15) is 40.5 Å². The van der Waals surface area contributed by atoms with Gasteiger partial charge in [0.05, 0.1) is 19.3 Å². The molecule has 21 nitrogen and oxygen atoms in total. The van der Waals surface area contributed by atoms with Crippen LogP contribution in [0.3, 0.4) is 0 Å². The highest BCUT2D eigenvalue weighted by Gasteiger charge is 2.38. The number of halogens is 1. The predicted molar refractivity (Wildman–Crippen MR) is 281 cm³/mol. The van der Waals surface area contributed by atoms with Crippen molar-refractivity contribution in [2.75, 3.05) is 32.8 Å². The molecule has 0 bridgehead atoms. The Labute approximate surface area is 435 Å². The molecule has 3 unspecified atom stereocenters. The number of aliphatic hydroxyl groups excluding tert-OH is 2. The van der Waals surface area contributed by atoms with Crippen molar-refractivity contribution in [3.63, 3.8) is 0 Å². The molecular weight excluding hydrogens is 982 g/mol. The van der Waals surface area contributed by atoms with Gasteiger partial charge in [0.1, 0.15) is 18.4 Å². The third-order valence-electron chi connectivity index (χ3n) is 9.59. The number of cyclic esters (lactones) is 1. The maximum atomic E-state index is 11.7. The zero-order valence-electron chi connectivity index (χ0n) is 41.4. The molecule has 0 aliphatic carbocycles. The number of amides is 5. The number of ether oxygens (including phenoxy) is 2. The highest BCUT2D eigenvalue weighted by Crippen LogP contribution is 2.26. The minimum absolute atomic E-state index is 0. The average Bonchev–Trinajstić information content (AvgIpc) is 3.90. The van der Waals surface area contributed by atoms with Crippen molar-refractivity contribution in [3.8, 4) is 0 Å². The first kappa shape index (κ1) is 79.4. The molecule has 25 heteroatoms. The summed E-state index contributed by atoms with van der Waals surface area (Å²) >= 11 is 0. The van der Waals surface area contributed by atoms with Crippen LogP contribution in [0.1, 0.15) is 132 Å². The number of morpholine rings is 1. The number of aldehydes is 2. The van der Waals surface area contributed by atoms with Crippen LogP contribution < -0.4 is 28.3 Å². The van der Waals surface area contributed by atoms with E-state index in [0.29, 0.717) is 55.7 Å². The molecule has 406 valence electrons. The van der Waals surface area contributed by atoms with Crippen LogP contribution in [0.25, 0.3) is 0 Å². The molecule has 4 rings (SSSR count). The minimum Gasteiger partial charge on any atom is -0.476 e. The Kier molecular flexibility index (Phi) is 56.7. The fraction of sp³-hybridized carbons (Fsp3) is 0.705. The molecule has 12 N–H and O–H groups in total. The van der Waals surface area contributed by atoms with Crippen molar-refractivity contribution >= 4 is 107 Å². The average molecular weight is 1070 g/mol. The minimum atomic E-state index is -1.43. The number of likely N-dealkylation sites (tertiary alicyclic amines) is 1. The summed E-state index contributed by atoms with van der Waals surface area (Å²) in [6.07, 6.45) is 12.0. The number of aliphatic carboxylic acids is 1. The maximum Gasteiger partial charge on any atom is 0.368 e. The lowest BCUT2D eigenvalue weighted by Crippen LogP contribution is -2.49. The molecule has 0 saturated carbocycles. The third-order valence-corrected chi connectivity index (χ3v) is 9.59. The van der Waals surface area contributed by atoms with Gasteiger partial charge < -0.3 is 62.7 Å². The first-order chi connectivity index (χ1) is 30.7. The van der Waals surface area contributed by atoms with E-state index < -0.39 is 54.4 Å². The lowest BCUT2D eigenvalue weighted by atomic mass is 10.0. The van der Waals surface area contributed by atoms with Gasteiger partial charge in [0.15, 0.2) is 6.23 Å². The maximum absolute atomic E-state index is 11.7. The number of nitrogens with one attached hydrogen (secondary N) is 1. The van der Waals surface area contributed by atoms with E-state index in [4.69, 9.17) is 47.5 Å². The van der Waals surface area contributed by atoms with E-state index in [1.165, 1.54) is 12.2 Å². The summed E-state index contributed by atoms with van der Waals surface area (Å²) in [5.74, 6) is -3.09. The van der Waals surface area contributed by atoms with Gasteiger partial charge in [0.2, 0.25) is 42.1 Å². The van der Waals surface area contributed by atoms with Gasteiger partial charge in [-0.15, -0.1) is 12.4 Å². The van der Waals surface area contributed by atoms with Crippen molar-refractivity contribution in [2.45, 2.75) is 163 Å². The molecule has 4 aliphatic heterocycles. The predicted octanol–water partition coefficient (Wildman–Crippen LogP) is 1.85. The molecule has 4 aliphatic rings. The van der Waals surface area contributed by atoms with E-state index in [9.17, 15) is 38.7 Å². The molecule has 2 fully saturated rings. The van der Waals surface area contributed by atoms with Gasteiger partial charge in [-0.25, -0.2) is 9.59 Å². The molecule has 69 heavy (non-hydrogen) atoms. The Hall–Kier alpha value is -3.75. The van der Waals surface area contributed by atoms with E-state index in [-0.39, 0.29) is 76.9 Å². The van der Waals surface area contributed by atoms with Gasteiger partial charge in [-0.3, -0.25) is 33.7 Å². The smallest absolute Gasteiger partial charge is 0.368 e. The normalized spacial score (nSPS) is 18.3. The number of nitrogens with zero attached hydrogens (tertiary/aromatic N) is 2. The van der Waals surface area contributed by atoms with Gasteiger partial charge in [-0.1, -0.05) is 74.1 Å². The zero-order valence-corrected chi connectivity index (χ0v) is 45.3. The quantitative estimate of drug-likeness (QED) is 0.0420. The SMILES string of the molecule is C1COCCN1.CCCC1=CC(=O)N([C@@H](CC)C(N)=O)C1O.CCCC1=CC(=O)OC1O.CCCC1CC(=O)N([C@@H](CC)C(N)=O)C1.CCCCC=O.CC[C@H](N)C(N)=O.Cl.O=CC(=O)O.S.S.S. The molecule has 0 aromatic heterocycles. The Morgan fingerprint density at radius 1 is 0.783 bits per heavy atom. The first-order valence-corrected chi connectivity index (χ1v) is 22.4. The number of hydrogen-bond donors (Lipinski definition) is 8. The molecule has 4 heterocycles. The zero-order chi connectivity index (χ0) is 50.5. The first-order valence-electron chi connectivity index (χ1n) is 22.4.